The smallest absolute Gasteiger partial charge is 0.436 e. The van der Waals surface area contributed by atoms with Gasteiger partial charge in [0.1, 0.15) is 5.52 Å². The molecule has 1 aliphatic rings. The van der Waals surface area contributed by atoms with Crippen LogP contribution in [-0.4, -0.2) is 23.3 Å². The lowest BCUT2D eigenvalue weighted by Crippen LogP contribution is -2.41. The van der Waals surface area contributed by atoms with E-state index in [1.54, 1.807) is 0 Å². The lowest BCUT2D eigenvalue weighted by molar-refractivity contribution is 0.00578. The van der Waals surface area contributed by atoms with Crippen LogP contribution in [0, 0.1) is 0 Å². The second kappa shape index (κ2) is 6.97. The number of nitrogens with zero attached hydrogens (tertiary/aromatic N) is 1. The summed E-state index contributed by atoms with van der Waals surface area (Å²) in [6, 6.07) is 21.7. The number of aromatic nitrogens is 1. The average molecular weight is 412 g/mol. The van der Waals surface area contributed by atoms with E-state index in [4.69, 9.17) is 24.4 Å². The number of oxazole rings is 1. The zero-order valence-electron chi connectivity index (χ0n) is 18.2. The molecule has 156 valence electrons. The number of anilines is 1. The van der Waals surface area contributed by atoms with Gasteiger partial charge in [-0.25, -0.2) is 4.98 Å². The van der Waals surface area contributed by atoms with Crippen LogP contribution in [-0.2, 0) is 9.31 Å². The van der Waals surface area contributed by atoms with Crippen molar-refractivity contribution in [1.29, 1.82) is 0 Å². The molecule has 5 rings (SSSR count). The molecule has 0 atom stereocenters. The number of fused-ring (bicyclic) bond motifs is 1. The topological polar surface area (TPSA) is 70.5 Å². The highest BCUT2D eigenvalue weighted by atomic mass is 16.7. The van der Waals surface area contributed by atoms with E-state index in [0.717, 1.165) is 33.3 Å². The van der Waals surface area contributed by atoms with E-state index in [1.807, 2.05) is 94.4 Å². The van der Waals surface area contributed by atoms with E-state index in [1.165, 1.54) is 0 Å². The molecule has 1 saturated heterocycles. The third-order valence-electron chi connectivity index (χ3n) is 6.33. The third kappa shape index (κ3) is 3.32. The standard InChI is InChI=1S/C25H25BN2O3/c1-24(2)25(3,4)31-26(30-24)17-13-14-20(27)19(15-17)18-11-8-12-21-22(18)28-23(29-21)16-9-6-5-7-10-16/h5-15H,27H2,1-4H3. The summed E-state index contributed by atoms with van der Waals surface area (Å²) in [5, 5.41) is 0. The van der Waals surface area contributed by atoms with Crippen LogP contribution in [0.4, 0.5) is 5.69 Å². The summed E-state index contributed by atoms with van der Waals surface area (Å²) >= 11 is 0. The van der Waals surface area contributed by atoms with Crippen LogP contribution in [0.3, 0.4) is 0 Å². The van der Waals surface area contributed by atoms with Gasteiger partial charge in [0.15, 0.2) is 5.58 Å². The van der Waals surface area contributed by atoms with Crippen molar-refractivity contribution in [3.63, 3.8) is 0 Å². The molecular weight excluding hydrogens is 387 g/mol. The predicted molar refractivity (Wildman–Crippen MR) is 125 cm³/mol. The van der Waals surface area contributed by atoms with Crippen molar-refractivity contribution in [2.24, 2.45) is 0 Å². The van der Waals surface area contributed by atoms with Gasteiger partial charge in [0.05, 0.1) is 11.2 Å². The maximum Gasteiger partial charge on any atom is 0.494 e. The van der Waals surface area contributed by atoms with Gasteiger partial charge in [-0.15, -0.1) is 0 Å². The van der Waals surface area contributed by atoms with Crippen LogP contribution < -0.4 is 11.2 Å². The second-order valence-corrected chi connectivity index (χ2v) is 8.97. The van der Waals surface area contributed by atoms with Crippen molar-refractivity contribution in [3.8, 4) is 22.6 Å². The Balaban J connectivity index is 1.59. The molecule has 4 aromatic rings. The number of nitrogen functional groups attached to an aromatic ring is 1. The Hall–Kier alpha value is -3.09. The van der Waals surface area contributed by atoms with Crippen molar-refractivity contribution >= 4 is 29.4 Å². The fourth-order valence-electron chi connectivity index (χ4n) is 3.80. The summed E-state index contributed by atoms with van der Waals surface area (Å²) in [5.74, 6) is 0.587. The Kier molecular flexibility index (Phi) is 4.47. The van der Waals surface area contributed by atoms with Gasteiger partial charge in [0, 0.05) is 22.4 Å². The molecule has 1 fully saturated rings. The molecule has 0 radical (unpaired) electrons. The number of nitrogens with two attached hydrogens (primary N) is 1. The van der Waals surface area contributed by atoms with Gasteiger partial charge in [-0.3, -0.25) is 0 Å². The molecule has 0 aliphatic carbocycles. The van der Waals surface area contributed by atoms with E-state index >= 15 is 0 Å². The Morgan fingerprint density at radius 1 is 0.806 bits per heavy atom. The number of hydrogen-bond acceptors (Lipinski definition) is 5. The summed E-state index contributed by atoms with van der Waals surface area (Å²) in [6.07, 6.45) is 0. The second-order valence-electron chi connectivity index (χ2n) is 8.97. The van der Waals surface area contributed by atoms with Gasteiger partial charge in [0.25, 0.3) is 0 Å². The van der Waals surface area contributed by atoms with E-state index in [2.05, 4.69) is 0 Å². The maximum absolute atomic E-state index is 6.40. The molecule has 31 heavy (non-hydrogen) atoms. The van der Waals surface area contributed by atoms with Gasteiger partial charge in [0.2, 0.25) is 5.89 Å². The lowest BCUT2D eigenvalue weighted by atomic mass is 9.77. The van der Waals surface area contributed by atoms with E-state index < -0.39 is 18.3 Å². The molecule has 0 spiro atoms. The minimum absolute atomic E-state index is 0.407. The van der Waals surface area contributed by atoms with Crippen LogP contribution in [0.5, 0.6) is 0 Å². The summed E-state index contributed by atoms with van der Waals surface area (Å²) in [5.41, 5.74) is 11.4. The summed E-state index contributed by atoms with van der Waals surface area (Å²) in [4.78, 5) is 4.79. The molecule has 5 nitrogen and oxygen atoms in total. The SMILES string of the molecule is CC1(C)OB(c2ccc(N)c(-c3cccc4oc(-c5ccccc5)nc34)c2)OC1(C)C. The van der Waals surface area contributed by atoms with E-state index in [0.29, 0.717) is 11.6 Å². The number of para-hydroxylation sites is 1. The molecule has 2 N–H and O–H groups in total. The summed E-state index contributed by atoms with van der Waals surface area (Å²) in [7, 11) is -0.458. The molecule has 3 aromatic carbocycles. The molecule has 0 amide bonds. The zero-order valence-corrected chi connectivity index (χ0v) is 18.2. The Labute approximate surface area is 182 Å². The Bertz CT molecular complexity index is 1250. The van der Waals surface area contributed by atoms with Crippen molar-refractivity contribution in [1.82, 2.24) is 4.98 Å². The number of rotatable bonds is 3. The minimum Gasteiger partial charge on any atom is -0.436 e. The highest BCUT2D eigenvalue weighted by molar-refractivity contribution is 6.62. The minimum atomic E-state index is -0.458. The molecule has 2 heterocycles. The maximum atomic E-state index is 6.40. The molecule has 1 aromatic heterocycles. The molecule has 1 aliphatic heterocycles. The monoisotopic (exact) mass is 412 g/mol. The first-order valence-corrected chi connectivity index (χ1v) is 10.5. The van der Waals surface area contributed by atoms with Gasteiger partial charge < -0.3 is 19.5 Å². The zero-order chi connectivity index (χ0) is 21.8. The number of hydrogen-bond donors (Lipinski definition) is 1. The van der Waals surface area contributed by atoms with Crippen LogP contribution in [0.15, 0.2) is 71.1 Å². The van der Waals surface area contributed by atoms with Crippen molar-refractivity contribution in [2.75, 3.05) is 5.73 Å². The third-order valence-corrected chi connectivity index (χ3v) is 6.33. The quantitative estimate of drug-likeness (QED) is 0.377. The van der Waals surface area contributed by atoms with Crippen LogP contribution in [0.1, 0.15) is 27.7 Å². The summed E-state index contributed by atoms with van der Waals surface area (Å²) < 4.78 is 18.5. The fraction of sp³-hybridized carbons (Fsp3) is 0.240. The highest BCUT2D eigenvalue weighted by Gasteiger charge is 2.51. The first-order valence-electron chi connectivity index (χ1n) is 10.5. The van der Waals surface area contributed by atoms with Gasteiger partial charge in [-0.05, 0) is 57.4 Å². The first kappa shape index (κ1) is 19.9. The Morgan fingerprint density at radius 2 is 1.52 bits per heavy atom. The van der Waals surface area contributed by atoms with Gasteiger partial charge >= 0.3 is 7.12 Å². The van der Waals surface area contributed by atoms with Gasteiger partial charge in [-0.2, -0.15) is 0 Å². The van der Waals surface area contributed by atoms with Crippen LogP contribution in [0.25, 0.3) is 33.7 Å². The summed E-state index contributed by atoms with van der Waals surface area (Å²) in [6.45, 7) is 8.19. The fourth-order valence-corrected chi connectivity index (χ4v) is 3.80. The van der Waals surface area contributed by atoms with Crippen LogP contribution >= 0.6 is 0 Å². The van der Waals surface area contributed by atoms with Crippen molar-refractivity contribution < 1.29 is 13.7 Å². The van der Waals surface area contributed by atoms with Crippen LogP contribution in [0.2, 0.25) is 0 Å². The number of benzene rings is 3. The highest BCUT2D eigenvalue weighted by Crippen LogP contribution is 2.38. The Morgan fingerprint density at radius 3 is 2.23 bits per heavy atom. The molecule has 0 unspecified atom stereocenters. The predicted octanol–water partition coefficient (Wildman–Crippen LogP) is 5.04. The van der Waals surface area contributed by atoms with Crippen molar-refractivity contribution in [2.45, 2.75) is 38.9 Å². The molecular formula is C25H25BN2O3. The molecule has 0 bridgehead atoms. The lowest BCUT2D eigenvalue weighted by Gasteiger charge is -2.32. The van der Waals surface area contributed by atoms with E-state index in [9.17, 15) is 0 Å². The molecule has 6 heteroatoms. The van der Waals surface area contributed by atoms with Gasteiger partial charge in [-0.1, -0.05) is 42.5 Å². The average Bonchev–Trinajstić information content (AvgIpc) is 3.27. The normalized spacial score (nSPS) is 17.4. The first-order chi connectivity index (χ1) is 14.7. The van der Waals surface area contributed by atoms with Crippen molar-refractivity contribution in [3.05, 3.63) is 66.7 Å². The molecule has 0 saturated carbocycles. The largest absolute Gasteiger partial charge is 0.494 e. The van der Waals surface area contributed by atoms with E-state index in [-0.39, 0.29) is 0 Å².